The van der Waals surface area contributed by atoms with Crippen LogP contribution in [0, 0.1) is 5.41 Å². The van der Waals surface area contributed by atoms with E-state index in [1.165, 1.54) is 6.20 Å². The number of fused-ring (bicyclic) bond motifs is 1. The fourth-order valence-corrected chi connectivity index (χ4v) is 5.41. The van der Waals surface area contributed by atoms with Crippen molar-refractivity contribution in [1.82, 2.24) is 25.3 Å². The summed E-state index contributed by atoms with van der Waals surface area (Å²) in [6, 6.07) is 9.67. The number of halogens is 1. The second kappa shape index (κ2) is 9.86. The van der Waals surface area contributed by atoms with Crippen LogP contribution in [0.2, 0.25) is 5.02 Å². The van der Waals surface area contributed by atoms with E-state index in [0.29, 0.717) is 50.4 Å². The first-order chi connectivity index (χ1) is 18.4. The quantitative estimate of drug-likeness (QED) is 0.257. The van der Waals surface area contributed by atoms with Gasteiger partial charge in [-0.25, -0.2) is 9.19 Å². The van der Waals surface area contributed by atoms with Crippen LogP contribution in [0.15, 0.2) is 48.9 Å². The van der Waals surface area contributed by atoms with Crippen LogP contribution in [0.25, 0.3) is 11.0 Å². The molecule has 2 aromatic carbocycles. The second-order valence-electron chi connectivity index (χ2n) is 9.45. The third-order valence-corrected chi connectivity index (χ3v) is 7.50. The van der Waals surface area contributed by atoms with Gasteiger partial charge in [0.1, 0.15) is 27.3 Å². The highest BCUT2D eigenvalue weighted by Crippen LogP contribution is 2.40. The van der Waals surface area contributed by atoms with Crippen molar-refractivity contribution in [3.05, 3.63) is 53.9 Å². The molecule has 4 aromatic rings. The Labute approximate surface area is 227 Å². The standard InChI is InChI=1S/C25H26ClN9O2S/c1-37-20-9-15(35-13-25(14-35)11-27-12-25)3-4-17(20)32-24-30-10-16(26)23(33-24)31-19-6-5-18-21(29-8-7-28-18)22(19)34-38(2)36/h3-10,27,34H,11-14H2,1-2H3,(H2,30,31,32,33). The highest BCUT2D eigenvalue weighted by atomic mass is 35.5. The molecule has 196 valence electrons. The zero-order valence-electron chi connectivity index (χ0n) is 20.8. The topological polar surface area (TPSA) is 129 Å². The molecule has 0 radical (unpaired) electrons. The zero-order valence-corrected chi connectivity index (χ0v) is 22.4. The van der Waals surface area contributed by atoms with E-state index in [1.54, 1.807) is 31.8 Å². The minimum Gasteiger partial charge on any atom is -0.494 e. The predicted molar refractivity (Wildman–Crippen MR) is 151 cm³/mol. The Hall–Kier alpha value is -3.74. The van der Waals surface area contributed by atoms with Crippen molar-refractivity contribution < 1.29 is 8.95 Å². The van der Waals surface area contributed by atoms with Crippen molar-refractivity contribution in [3.63, 3.8) is 0 Å². The Morgan fingerprint density at radius 1 is 1.08 bits per heavy atom. The summed E-state index contributed by atoms with van der Waals surface area (Å²) in [7, 11) is 0.300. The lowest BCUT2D eigenvalue weighted by Gasteiger charge is -2.57. The largest absolute Gasteiger partial charge is 0.494 e. The maximum atomic E-state index is 12.0. The molecule has 38 heavy (non-hydrogen) atoms. The van der Waals surface area contributed by atoms with E-state index in [0.717, 1.165) is 37.6 Å². The maximum absolute atomic E-state index is 12.0. The summed E-state index contributed by atoms with van der Waals surface area (Å²) >= 11 is 6.44. The van der Waals surface area contributed by atoms with Crippen LogP contribution in [-0.2, 0) is 11.0 Å². The van der Waals surface area contributed by atoms with E-state index in [2.05, 4.69) is 51.6 Å². The van der Waals surface area contributed by atoms with Crippen molar-refractivity contribution in [2.24, 2.45) is 5.41 Å². The molecule has 2 aromatic heterocycles. The van der Waals surface area contributed by atoms with Gasteiger partial charge in [0, 0.05) is 62.0 Å². The molecule has 2 saturated heterocycles. The van der Waals surface area contributed by atoms with Crippen LogP contribution in [-0.4, -0.2) is 63.7 Å². The SMILES string of the molecule is COc1cc(N2CC3(CNC3)C2)ccc1Nc1ncc(Cl)c(Nc2ccc3nccnc3c2NS(C)=O)n1. The molecule has 13 heteroatoms. The number of nitrogens with zero attached hydrogens (tertiary/aromatic N) is 5. The van der Waals surface area contributed by atoms with Gasteiger partial charge in [-0.15, -0.1) is 0 Å². The molecule has 11 nitrogen and oxygen atoms in total. The fourth-order valence-electron chi connectivity index (χ4n) is 4.78. The summed E-state index contributed by atoms with van der Waals surface area (Å²) in [5.41, 5.74) is 4.65. The number of aromatic nitrogens is 4. The lowest BCUT2D eigenvalue weighted by atomic mass is 9.74. The second-order valence-corrected chi connectivity index (χ2v) is 11.0. The molecule has 0 amide bonds. The van der Waals surface area contributed by atoms with Crippen molar-refractivity contribution >= 4 is 68.1 Å². The molecule has 2 aliphatic heterocycles. The lowest BCUT2D eigenvalue weighted by Crippen LogP contribution is -2.71. The van der Waals surface area contributed by atoms with Gasteiger partial charge in [-0.2, -0.15) is 4.98 Å². The molecule has 0 saturated carbocycles. The minimum atomic E-state index is -1.34. The number of anilines is 6. The van der Waals surface area contributed by atoms with Crippen molar-refractivity contribution in [2.45, 2.75) is 0 Å². The lowest BCUT2D eigenvalue weighted by molar-refractivity contribution is 0.121. The molecular weight excluding hydrogens is 526 g/mol. The number of benzene rings is 2. The summed E-state index contributed by atoms with van der Waals surface area (Å²) in [5.74, 6) is 1.39. The van der Waals surface area contributed by atoms with E-state index in [9.17, 15) is 4.21 Å². The maximum Gasteiger partial charge on any atom is 0.229 e. The number of methoxy groups -OCH3 is 1. The molecule has 1 unspecified atom stereocenters. The summed E-state index contributed by atoms with van der Waals surface area (Å²) in [6.07, 6.45) is 6.24. The van der Waals surface area contributed by atoms with E-state index in [4.69, 9.17) is 16.3 Å². The first-order valence-corrected chi connectivity index (χ1v) is 13.9. The van der Waals surface area contributed by atoms with Gasteiger partial charge in [0.15, 0.2) is 5.82 Å². The first kappa shape index (κ1) is 24.6. The molecule has 1 atom stereocenters. The molecule has 0 aliphatic carbocycles. The molecular formula is C25H26ClN9O2S. The van der Waals surface area contributed by atoms with Gasteiger partial charge in [-0.05, 0) is 24.3 Å². The van der Waals surface area contributed by atoms with Gasteiger partial charge in [-0.1, -0.05) is 11.6 Å². The Bertz CT molecular complexity index is 1540. The molecule has 4 N–H and O–H groups in total. The number of ether oxygens (including phenoxy) is 1. The third kappa shape index (κ3) is 4.66. The van der Waals surface area contributed by atoms with Crippen LogP contribution in [0.5, 0.6) is 5.75 Å². The number of hydrogen-bond donors (Lipinski definition) is 4. The predicted octanol–water partition coefficient (Wildman–Crippen LogP) is 3.68. The van der Waals surface area contributed by atoms with Gasteiger partial charge >= 0.3 is 0 Å². The van der Waals surface area contributed by atoms with E-state index in [-0.39, 0.29) is 0 Å². The van der Waals surface area contributed by atoms with Crippen LogP contribution in [0.3, 0.4) is 0 Å². The van der Waals surface area contributed by atoms with Crippen LogP contribution >= 0.6 is 11.6 Å². The highest BCUT2D eigenvalue weighted by molar-refractivity contribution is 7.85. The van der Waals surface area contributed by atoms with Gasteiger partial charge in [0.2, 0.25) is 5.95 Å². The van der Waals surface area contributed by atoms with E-state index in [1.807, 2.05) is 18.2 Å². The Balaban J connectivity index is 1.25. The van der Waals surface area contributed by atoms with Crippen LogP contribution in [0.4, 0.5) is 34.5 Å². The van der Waals surface area contributed by atoms with Gasteiger partial charge in [0.25, 0.3) is 0 Å². The summed E-state index contributed by atoms with van der Waals surface area (Å²) in [4.78, 5) is 20.0. The van der Waals surface area contributed by atoms with Crippen LogP contribution < -0.4 is 30.3 Å². The third-order valence-electron chi connectivity index (χ3n) is 6.73. The number of nitrogens with one attached hydrogen (secondary N) is 4. The molecule has 6 rings (SSSR count). The van der Waals surface area contributed by atoms with Gasteiger partial charge in [-0.3, -0.25) is 9.97 Å². The summed E-state index contributed by atoms with van der Waals surface area (Å²) in [6.45, 7) is 4.28. The van der Waals surface area contributed by atoms with Crippen molar-refractivity contribution in [1.29, 1.82) is 0 Å². The molecule has 1 spiro atoms. The molecule has 2 fully saturated rings. The molecule has 4 heterocycles. The minimum absolute atomic E-state index is 0.317. The van der Waals surface area contributed by atoms with Gasteiger partial charge in [0.05, 0.1) is 35.9 Å². The molecule has 0 bridgehead atoms. The average Bonchev–Trinajstić information content (AvgIpc) is 2.86. The van der Waals surface area contributed by atoms with E-state index < -0.39 is 11.0 Å². The summed E-state index contributed by atoms with van der Waals surface area (Å²) < 4.78 is 20.6. The first-order valence-electron chi connectivity index (χ1n) is 12.0. The number of rotatable bonds is 8. The Kier molecular flexibility index (Phi) is 6.38. The van der Waals surface area contributed by atoms with Crippen molar-refractivity contribution in [3.8, 4) is 5.75 Å². The smallest absolute Gasteiger partial charge is 0.229 e. The average molecular weight is 552 g/mol. The molecule has 2 aliphatic rings. The zero-order chi connectivity index (χ0) is 26.3. The highest BCUT2D eigenvalue weighted by Gasteiger charge is 2.47. The summed E-state index contributed by atoms with van der Waals surface area (Å²) in [5, 5.41) is 10.1. The normalized spacial score (nSPS) is 16.4. The number of hydrogen-bond acceptors (Lipinski definition) is 10. The monoisotopic (exact) mass is 551 g/mol. The Morgan fingerprint density at radius 3 is 2.61 bits per heavy atom. The Morgan fingerprint density at radius 2 is 1.87 bits per heavy atom. The van der Waals surface area contributed by atoms with Gasteiger partial charge < -0.3 is 30.3 Å². The van der Waals surface area contributed by atoms with Crippen LogP contribution in [0.1, 0.15) is 0 Å². The van der Waals surface area contributed by atoms with E-state index >= 15 is 0 Å². The van der Waals surface area contributed by atoms with Crippen molar-refractivity contribution in [2.75, 3.05) is 59.8 Å². The fraction of sp³-hybridized carbons (Fsp3) is 0.280.